The van der Waals surface area contributed by atoms with E-state index in [0.717, 1.165) is 28.8 Å². The smallest absolute Gasteiger partial charge is 0.126 e. The van der Waals surface area contributed by atoms with Gasteiger partial charge in [-0.2, -0.15) is 0 Å². The van der Waals surface area contributed by atoms with Gasteiger partial charge in [-0.1, -0.05) is 0 Å². The highest BCUT2D eigenvalue weighted by molar-refractivity contribution is 9.10. The predicted octanol–water partition coefficient (Wildman–Crippen LogP) is 2.44. The normalized spacial score (nSPS) is 25.5. The van der Waals surface area contributed by atoms with Crippen molar-refractivity contribution in [3.63, 3.8) is 0 Å². The molecule has 0 aromatic carbocycles. The lowest BCUT2D eigenvalue weighted by atomic mass is 10.2. The molecule has 1 aliphatic carbocycles. The van der Waals surface area contributed by atoms with Gasteiger partial charge < -0.3 is 11.1 Å². The van der Waals surface area contributed by atoms with E-state index in [1.54, 1.807) is 0 Å². The Morgan fingerprint density at radius 3 is 2.87 bits per heavy atom. The fourth-order valence-corrected chi connectivity index (χ4v) is 2.20. The number of hydrogen-bond donors (Lipinski definition) is 2. The second-order valence-electron chi connectivity index (χ2n) is 4.11. The van der Waals surface area contributed by atoms with Gasteiger partial charge in [-0.3, -0.25) is 0 Å². The zero-order chi connectivity index (χ0) is 10.8. The second kappa shape index (κ2) is 4.49. The molecule has 0 saturated heterocycles. The SMILES string of the molecule is Cc1nc(NC2CCCC2N)ccc1Br. The largest absolute Gasteiger partial charge is 0.366 e. The molecule has 0 amide bonds. The third-order valence-electron chi connectivity index (χ3n) is 2.92. The molecule has 1 aromatic heterocycles. The van der Waals surface area contributed by atoms with Crippen LogP contribution in [0.4, 0.5) is 5.82 Å². The van der Waals surface area contributed by atoms with Crippen molar-refractivity contribution in [1.29, 1.82) is 0 Å². The molecule has 2 rings (SSSR count). The Labute approximate surface area is 98.6 Å². The zero-order valence-electron chi connectivity index (χ0n) is 8.83. The highest BCUT2D eigenvalue weighted by Crippen LogP contribution is 2.22. The Morgan fingerprint density at radius 1 is 1.47 bits per heavy atom. The number of pyridine rings is 1. The van der Waals surface area contributed by atoms with E-state index in [0.29, 0.717) is 6.04 Å². The van der Waals surface area contributed by atoms with Crippen LogP contribution in [0.15, 0.2) is 16.6 Å². The number of halogens is 1. The van der Waals surface area contributed by atoms with E-state index >= 15 is 0 Å². The van der Waals surface area contributed by atoms with Gasteiger partial charge >= 0.3 is 0 Å². The van der Waals surface area contributed by atoms with Gasteiger partial charge in [0.1, 0.15) is 5.82 Å². The number of rotatable bonds is 2. The third kappa shape index (κ3) is 2.49. The lowest BCUT2D eigenvalue weighted by Crippen LogP contribution is -2.35. The van der Waals surface area contributed by atoms with Crippen molar-refractivity contribution in [2.75, 3.05) is 5.32 Å². The van der Waals surface area contributed by atoms with E-state index in [1.165, 1.54) is 6.42 Å². The first-order chi connectivity index (χ1) is 7.16. The molecule has 3 N–H and O–H groups in total. The van der Waals surface area contributed by atoms with Crippen LogP contribution in [0.5, 0.6) is 0 Å². The molecule has 0 radical (unpaired) electrons. The first-order valence-electron chi connectivity index (χ1n) is 5.32. The molecule has 82 valence electrons. The molecule has 1 aromatic rings. The molecule has 4 heteroatoms. The number of anilines is 1. The topological polar surface area (TPSA) is 50.9 Å². The van der Waals surface area contributed by atoms with Gasteiger partial charge in [-0.05, 0) is 54.2 Å². The van der Waals surface area contributed by atoms with E-state index < -0.39 is 0 Å². The molecule has 1 fully saturated rings. The summed E-state index contributed by atoms with van der Waals surface area (Å²) in [5, 5.41) is 3.40. The Bertz CT molecular complexity index is 354. The minimum atomic E-state index is 0.274. The van der Waals surface area contributed by atoms with Gasteiger partial charge in [0.2, 0.25) is 0 Å². The summed E-state index contributed by atoms with van der Waals surface area (Å²) in [6.07, 6.45) is 3.49. The van der Waals surface area contributed by atoms with Crippen molar-refractivity contribution in [2.45, 2.75) is 38.3 Å². The maximum Gasteiger partial charge on any atom is 0.126 e. The van der Waals surface area contributed by atoms with E-state index in [9.17, 15) is 0 Å². The lowest BCUT2D eigenvalue weighted by molar-refractivity contribution is 0.635. The predicted molar refractivity (Wildman–Crippen MR) is 65.9 cm³/mol. The highest BCUT2D eigenvalue weighted by Gasteiger charge is 2.23. The zero-order valence-corrected chi connectivity index (χ0v) is 10.4. The Hall–Kier alpha value is -0.610. The molecule has 15 heavy (non-hydrogen) atoms. The quantitative estimate of drug-likeness (QED) is 0.867. The average Bonchev–Trinajstić information content (AvgIpc) is 2.59. The summed E-state index contributed by atoms with van der Waals surface area (Å²) in [7, 11) is 0. The molecule has 3 nitrogen and oxygen atoms in total. The molecular formula is C11H16BrN3. The molecular weight excluding hydrogens is 254 g/mol. The minimum absolute atomic E-state index is 0.274. The van der Waals surface area contributed by atoms with E-state index in [1.807, 2.05) is 19.1 Å². The van der Waals surface area contributed by atoms with Crippen LogP contribution >= 0.6 is 15.9 Å². The summed E-state index contributed by atoms with van der Waals surface area (Å²) in [6, 6.07) is 4.67. The monoisotopic (exact) mass is 269 g/mol. The van der Waals surface area contributed by atoms with E-state index in [2.05, 4.69) is 26.2 Å². The number of aromatic nitrogens is 1. The van der Waals surface area contributed by atoms with Gasteiger partial charge in [0.15, 0.2) is 0 Å². The molecule has 2 atom stereocenters. The van der Waals surface area contributed by atoms with Crippen LogP contribution < -0.4 is 11.1 Å². The first kappa shape index (κ1) is 10.9. The first-order valence-corrected chi connectivity index (χ1v) is 6.11. The standard InChI is InChI=1S/C11H16BrN3/c1-7-8(12)5-6-11(14-7)15-10-4-2-3-9(10)13/h5-6,9-10H,2-4,13H2,1H3,(H,14,15). The van der Waals surface area contributed by atoms with Crippen LogP contribution in [0, 0.1) is 6.92 Å². The number of hydrogen-bond acceptors (Lipinski definition) is 3. The van der Waals surface area contributed by atoms with Crippen LogP contribution in [0.1, 0.15) is 25.0 Å². The summed E-state index contributed by atoms with van der Waals surface area (Å²) in [4.78, 5) is 4.46. The fraction of sp³-hybridized carbons (Fsp3) is 0.545. The summed E-state index contributed by atoms with van der Waals surface area (Å²) >= 11 is 3.44. The highest BCUT2D eigenvalue weighted by atomic mass is 79.9. The number of aryl methyl sites for hydroxylation is 1. The van der Waals surface area contributed by atoms with Crippen LogP contribution in [-0.4, -0.2) is 17.1 Å². The molecule has 1 heterocycles. The molecule has 0 spiro atoms. The van der Waals surface area contributed by atoms with Crippen molar-refractivity contribution in [2.24, 2.45) is 5.73 Å². The maximum absolute atomic E-state index is 6.00. The van der Waals surface area contributed by atoms with Crippen molar-refractivity contribution < 1.29 is 0 Å². The average molecular weight is 270 g/mol. The number of nitrogens with one attached hydrogen (secondary N) is 1. The summed E-state index contributed by atoms with van der Waals surface area (Å²) < 4.78 is 1.05. The van der Waals surface area contributed by atoms with Crippen molar-refractivity contribution >= 4 is 21.7 Å². The Balaban J connectivity index is 2.07. The molecule has 0 bridgehead atoms. The Kier molecular flexibility index (Phi) is 3.26. The summed E-state index contributed by atoms with van der Waals surface area (Å²) in [5.74, 6) is 0.929. The van der Waals surface area contributed by atoms with Gasteiger partial charge in [0.25, 0.3) is 0 Å². The Morgan fingerprint density at radius 2 is 2.27 bits per heavy atom. The van der Waals surface area contributed by atoms with E-state index in [4.69, 9.17) is 5.73 Å². The third-order valence-corrected chi connectivity index (χ3v) is 3.76. The van der Waals surface area contributed by atoms with Crippen molar-refractivity contribution in [3.05, 3.63) is 22.3 Å². The number of nitrogens with two attached hydrogens (primary N) is 1. The summed E-state index contributed by atoms with van der Waals surface area (Å²) in [6.45, 7) is 1.99. The van der Waals surface area contributed by atoms with Gasteiger partial charge in [0.05, 0.1) is 5.69 Å². The van der Waals surface area contributed by atoms with E-state index in [-0.39, 0.29) is 6.04 Å². The lowest BCUT2D eigenvalue weighted by Gasteiger charge is -2.18. The maximum atomic E-state index is 6.00. The molecule has 2 unspecified atom stereocenters. The van der Waals surface area contributed by atoms with Crippen LogP contribution in [0.2, 0.25) is 0 Å². The van der Waals surface area contributed by atoms with Crippen molar-refractivity contribution in [1.82, 2.24) is 4.98 Å². The van der Waals surface area contributed by atoms with Gasteiger partial charge in [-0.15, -0.1) is 0 Å². The van der Waals surface area contributed by atoms with Gasteiger partial charge in [-0.25, -0.2) is 4.98 Å². The minimum Gasteiger partial charge on any atom is -0.366 e. The number of nitrogens with zero attached hydrogens (tertiary/aromatic N) is 1. The van der Waals surface area contributed by atoms with Crippen LogP contribution in [-0.2, 0) is 0 Å². The second-order valence-corrected chi connectivity index (χ2v) is 4.96. The van der Waals surface area contributed by atoms with Crippen LogP contribution in [0.3, 0.4) is 0 Å². The molecule has 0 aliphatic heterocycles. The van der Waals surface area contributed by atoms with Crippen LogP contribution in [0.25, 0.3) is 0 Å². The molecule has 1 aliphatic rings. The van der Waals surface area contributed by atoms with Gasteiger partial charge in [0, 0.05) is 16.6 Å². The fourth-order valence-electron chi connectivity index (χ4n) is 1.98. The molecule has 1 saturated carbocycles. The summed E-state index contributed by atoms with van der Waals surface area (Å²) in [5.41, 5.74) is 7.00. The van der Waals surface area contributed by atoms with Crippen molar-refractivity contribution in [3.8, 4) is 0 Å².